The summed E-state index contributed by atoms with van der Waals surface area (Å²) in [6.45, 7) is 5.75. The fourth-order valence-electron chi connectivity index (χ4n) is 2.93. The Balaban J connectivity index is 1.64. The zero-order valence-corrected chi connectivity index (χ0v) is 17.5. The number of aryl methyl sites for hydroxylation is 3. The van der Waals surface area contributed by atoms with Crippen LogP contribution in [0.4, 0.5) is 6.01 Å². The van der Waals surface area contributed by atoms with Gasteiger partial charge in [0.1, 0.15) is 5.69 Å². The van der Waals surface area contributed by atoms with E-state index in [-0.39, 0.29) is 17.7 Å². The maximum absolute atomic E-state index is 12.3. The molecule has 3 heterocycles. The number of hydrogen-bond acceptors (Lipinski definition) is 8. The molecular weight excluding hydrogens is 402 g/mol. The molecule has 0 fully saturated rings. The van der Waals surface area contributed by atoms with Crippen LogP contribution in [0.25, 0.3) is 17.2 Å². The third-order valence-corrected chi connectivity index (χ3v) is 5.16. The zero-order valence-electron chi connectivity index (χ0n) is 16.7. The minimum atomic E-state index is -0.279. The van der Waals surface area contributed by atoms with Gasteiger partial charge in [0.25, 0.3) is 0 Å². The van der Waals surface area contributed by atoms with E-state index in [1.807, 2.05) is 48.7 Å². The third-order valence-electron chi connectivity index (χ3n) is 4.23. The molecule has 152 valence electrons. The van der Waals surface area contributed by atoms with Crippen molar-refractivity contribution in [3.63, 3.8) is 0 Å². The zero-order chi connectivity index (χ0) is 21.1. The summed E-state index contributed by atoms with van der Waals surface area (Å²) >= 11 is 1.26. The summed E-state index contributed by atoms with van der Waals surface area (Å²) in [6.07, 6.45) is 1.71. The van der Waals surface area contributed by atoms with Crippen molar-refractivity contribution >= 4 is 23.7 Å². The Kier molecular flexibility index (Phi) is 5.57. The average molecular weight is 421 g/mol. The van der Waals surface area contributed by atoms with Gasteiger partial charge in [-0.25, -0.2) is 0 Å². The smallest absolute Gasteiger partial charge is 0.315 e. The second-order valence-corrected chi connectivity index (χ2v) is 7.57. The van der Waals surface area contributed by atoms with Gasteiger partial charge in [-0.3, -0.25) is 19.7 Å². The van der Waals surface area contributed by atoms with E-state index in [9.17, 15) is 4.79 Å². The highest BCUT2D eigenvalue weighted by molar-refractivity contribution is 7.99. The van der Waals surface area contributed by atoms with Crippen LogP contribution in [0.2, 0.25) is 0 Å². The molecule has 0 radical (unpaired) electrons. The van der Waals surface area contributed by atoms with Crippen LogP contribution in [0, 0.1) is 20.8 Å². The summed E-state index contributed by atoms with van der Waals surface area (Å²) in [4.78, 5) is 20.7. The largest absolute Gasteiger partial charge is 0.328 e. The molecule has 0 spiro atoms. The number of benzene rings is 1. The number of aromatic nitrogens is 6. The molecule has 0 aliphatic heterocycles. The van der Waals surface area contributed by atoms with Gasteiger partial charge in [0, 0.05) is 6.20 Å². The van der Waals surface area contributed by atoms with Gasteiger partial charge in [-0.05, 0) is 44.5 Å². The Bertz CT molecular complexity index is 1190. The maximum atomic E-state index is 12.3. The molecule has 0 saturated carbocycles. The van der Waals surface area contributed by atoms with Crippen LogP contribution in [-0.2, 0) is 4.79 Å². The van der Waals surface area contributed by atoms with Gasteiger partial charge in [0.2, 0.25) is 5.91 Å². The molecule has 0 aliphatic rings. The number of amides is 1. The standard InChI is InChI=1S/C20H19N7O2S/c1-12-7-8-16(13(2)10-12)27-18(15-6-4-5-9-21-15)24-25-20(27)30-11-17(28)23-19-22-14(3)26-29-19/h4-10H,11H2,1-3H3,(H,22,23,26,28). The van der Waals surface area contributed by atoms with Gasteiger partial charge in [-0.2, -0.15) is 4.98 Å². The Morgan fingerprint density at radius 2 is 2.03 bits per heavy atom. The number of carbonyl (C=O) groups excluding carboxylic acids is 1. The molecule has 10 heteroatoms. The quantitative estimate of drug-likeness (QED) is 0.472. The Morgan fingerprint density at radius 1 is 1.17 bits per heavy atom. The Hall–Kier alpha value is -3.53. The second-order valence-electron chi connectivity index (χ2n) is 6.63. The van der Waals surface area contributed by atoms with E-state index >= 15 is 0 Å². The molecule has 9 nitrogen and oxygen atoms in total. The SMILES string of the molecule is Cc1ccc(-n2c(SCC(=O)Nc3nc(C)no3)nnc2-c2ccccn2)c(C)c1. The number of nitrogens with zero attached hydrogens (tertiary/aromatic N) is 6. The van der Waals surface area contributed by atoms with Crippen molar-refractivity contribution in [1.82, 2.24) is 29.9 Å². The first-order valence-corrected chi connectivity index (χ1v) is 10.2. The van der Waals surface area contributed by atoms with Crippen LogP contribution in [0.5, 0.6) is 0 Å². The molecular formula is C20H19N7O2S. The lowest BCUT2D eigenvalue weighted by molar-refractivity contribution is -0.114. The van der Waals surface area contributed by atoms with Crippen LogP contribution in [0.1, 0.15) is 17.0 Å². The summed E-state index contributed by atoms with van der Waals surface area (Å²) in [5, 5.41) is 15.5. The number of anilines is 1. The summed E-state index contributed by atoms with van der Waals surface area (Å²) < 4.78 is 6.85. The van der Waals surface area contributed by atoms with Gasteiger partial charge in [0.05, 0.1) is 11.4 Å². The van der Waals surface area contributed by atoms with Crippen LogP contribution >= 0.6 is 11.8 Å². The second kappa shape index (κ2) is 8.46. The van der Waals surface area contributed by atoms with Crippen LogP contribution < -0.4 is 5.32 Å². The van der Waals surface area contributed by atoms with Crippen molar-refractivity contribution in [3.05, 3.63) is 59.5 Å². The summed E-state index contributed by atoms with van der Waals surface area (Å²) in [6, 6.07) is 11.8. The van der Waals surface area contributed by atoms with Crippen molar-refractivity contribution in [2.24, 2.45) is 0 Å². The van der Waals surface area contributed by atoms with E-state index in [0.717, 1.165) is 16.8 Å². The van der Waals surface area contributed by atoms with Crippen LogP contribution in [0.3, 0.4) is 0 Å². The van der Waals surface area contributed by atoms with Crippen molar-refractivity contribution in [2.75, 3.05) is 11.1 Å². The van der Waals surface area contributed by atoms with Crippen molar-refractivity contribution < 1.29 is 9.32 Å². The highest BCUT2D eigenvalue weighted by Gasteiger charge is 2.19. The highest BCUT2D eigenvalue weighted by Crippen LogP contribution is 2.29. The maximum Gasteiger partial charge on any atom is 0.328 e. The first-order chi connectivity index (χ1) is 14.5. The predicted octanol–water partition coefficient (Wildman–Crippen LogP) is 3.37. The van der Waals surface area contributed by atoms with E-state index < -0.39 is 0 Å². The normalized spacial score (nSPS) is 10.9. The Morgan fingerprint density at radius 3 is 2.73 bits per heavy atom. The third kappa shape index (κ3) is 4.23. The lowest BCUT2D eigenvalue weighted by atomic mass is 10.1. The molecule has 1 aromatic carbocycles. The van der Waals surface area contributed by atoms with Crippen molar-refractivity contribution in [2.45, 2.75) is 25.9 Å². The van der Waals surface area contributed by atoms with Gasteiger partial charge in [0.15, 0.2) is 16.8 Å². The molecule has 4 aromatic rings. The minimum absolute atomic E-state index is 0.0723. The van der Waals surface area contributed by atoms with E-state index in [1.54, 1.807) is 13.1 Å². The number of thioether (sulfide) groups is 1. The van der Waals surface area contributed by atoms with Gasteiger partial charge in [-0.1, -0.05) is 40.7 Å². The van der Waals surface area contributed by atoms with Gasteiger partial charge >= 0.3 is 6.01 Å². The van der Waals surface area contributed by atoms with E-state index in [1.165, 1.54) is 11.8 Å². The van der Waals surface area contributed by atoms with E-state index in [0.29, 0.717) is 22.5 Å². The molecule has 0 aliphatic carbocycles. The molecule has 0 bridgehead atoms. The lowest BCUT2D eigenvalue weighted by Gasteiger charge is -2.13. The predicted molar refractivity (Wildman–Crippen MR) is 112 cm³/mol. The average Bonchev–Trinajstić information content (AvgIpc) is 3.33. The fraction of sp³-hybridized carbons (Fsp3) is 0.200. The van der Waals surface area contributed by atoms with Gasteiger partial charge in [-0.15, -0.1) is 10.2 Å². The minimum Gasteiger partial charge on any atom is -0.315 e. The molecule has 0 unspecified atom stereocenters. The first kappa shape index (κ1) is 19.8. The van der Waals surface area contributed by atoms with Gasteiger partial charge < -0.3 is 4.52 Å². The number of pyridine rings is 1. The van der Waals surface area contributed by atoms with Crippen LogP contribution in [-0.4, -0.2) is 41.5 Å². The van der Waals surface area contributed by atoms with E-state index in [2.05, 4.69) is 36.7 Å². The highest BCUT2D eigenvalue weighted by atomic mass is 32.2. The summed E-state index contributed by atoms with van der Waals surface area (Å²) in [5.41, 5.74) is 3.86. The summed E-state index contributed by atoms with van der Waals surface area (Å²) in [7, 11) is 0. The van der Waals surface area contributed by atoms with Crippen LogP contribution in [0.15, 0.2) is 52.3 Å². The molecule has 0 atom stereocenters. The molecule has 1 N–H and O–H groups in total. The first-order valence-electron chi connectivity index (χ1n) is 9.18. The van der Waals surface area contributed by atoms with E-state index in [4.69, 9.17) is 4.52 Å². The van der Waals surface area contributed by atoms with Crippen molar-refractivity contribution in [1.29, 1.82) is 0 Å². The van der Waals surface area contributed by atoms with Crippen molar-refractivity contribution in [3.8, 4) is 17.2 Å². The number of nitrogens with one attached hydrogen (secondary N) is 1. The molecule has 0 saturated heterocycles. The molecule has 4 rings (SSSR count). The molecule has 30 heavy (non-hydrogen) atoms. The monoisotopic (exact) mass is 421 g/mol. The number of carbonyl (C=O) groups is 1. The molecule has 1 amide bonds. The summed E-state index contributed by atoms with van der Waals surface area (Å²) in [5.74, 6) is 0.885. The fourth-order valence-corrected chi connectivity index (χ4v) is 3.68. The topological polar surface area (TPSA) is 112 Å². The number of rotatable bonds is 6. The lowest BCUT2D eigenvalue weighted by Crippen LogP contribution is -2.15. The molecule has 3 aromatic heterocycles. The number of hydrogen-bond donors (Lipinski definition) is 1. The Labute approximate surface area is 176 Å².